The van der Waals surface area contributed by atoms with Crippen LogP contribution in [0.5, 0.6) is 0 Å². The molecule has 0 aromatic heterocycles. The minimum atomic E-state index is -3.60. The van der Waals surface area contributed by atoms with E-state index in [1.54, 1.807) is 36.4 Å². The molecule has 2 aromatic carbocycles. The van der Waals surface area contributed by atoms with Gasteiger partial charge in [-0.1, -0.05) is 29.8 Å². The molecule has 8 heteroatoms. The van der Waals surface area contributed by atoms with E-state index in [2.05, 4.69) is 4.72 Å². The van der Waals surface area contributed by atoms with E-state index >= 15 is 0 Å². The van der Waals surface area contributed by atoms with Gasteiger partial charge in [0.05, 0.1) is 9.79 Å². The Balaban J connectivity index is 2.11. The molecule has 2 aromatic rings. The normalized spacial score (nSPS) is 12.5. The molecule has 130 valence electrons. The van der Waals surface area contributed by atoms with Crippen molar-refractivity contribution in [3.8, 4) is 0 Å². The van der Waals surface area contributed by atoms with Gasteiger partial charge in [0, 0.05) is 20.6 Å². The Labute approximate surface area is 143 Å². The summed E-state index contributed by atoms with van der Waals surface area (Å²) in [4.78, 5) is 0.359. The van der Waals surface area contributed by atoms with Crippen LogP contribution in [-0.4, -0.2) is 35.2 Å². The van der Waals surface area contributed by atoms with Crippen molar-refractivity contribution in [2.45, 2.75) is 23.3 Å². The first kappa shape index (κ1) is 18.6. The smallest absolute Gasteiger partial charge is 0.207 e. The average molecular weight is 368 g/mol. The van der Waals surface area contributed by atoms with Crippen molar-refractivity contribution in [2.24, 2.45) is 0 Å². The summed E-state index contributed by atoms with van der Waals surface area (Å²) in [6.45, 7) is 1.96. The Morgan fingerprint density at radius 2 is 1.33 bits per heavy atom. The van der Waals surface area contributed by atoms with E-state index < -0.39 is 20.0 Å². The quantitative estimate of drug-likeness (QED) is 0.842. The van der Waals surface area contributed by atoms with Crippen molar-refractivity contribution in [3.63, 3.8) is 0 Å². The van der Waals surface area contributed by atoms with E-state index in [4.69, 9.17) is 0 Å². The Kier molecular flexibility index (Phi) is 5.44. The first-order valence-electron chi connectivity index (χ1n) is 7.21. The third kappa shape index (κ3) is 4.21. The summed E-state index contributed by atoms with van der Waals surface area (Å²) in [6.07, 6.45) is 0. The number of sulfonamides is 2. The zero-order chi connectivity index (χ0) is 18.0. The summed E-state index contributed by atoms with van der Waals surface area (Å²) in [5, 5.41) is 0. The lowest BCUT2D eigenvalue weighted by molar-refractivity contribution is 0.520. The molecular formula is C16H20N2O4S2. The highest BCUT2D eigenvalue weighted by Gasteiger charge is 2.17. The van der Waals surface area contributed by atoms with Crippen LogP contribution in [0.2, 0.25) is 0 Å². The third-order valence-corrected chi connectivity index (χ3v) is 6.75. The van der Waals surface area contributed by atoms with Gasteiger partial charge < -0.3 is 0 Å². The molecule has 0 amide bonds. The summed E-state index contributed by atoms with van der Waals surface area (Å²) in [6, 6.07) is 12.7. The van der Waals surface area contributed by atoms with Gasteiger partial charge in [0.15, 0.2) is 0 Å². The van der Waals surface area contributed by atoms with E-state index in [9.17, 15) is 16.8 Å². The maximum Gasteiger partial charge on any atom is 0.242 e. The lowest BCUT2D eigenvalue weighted by atomic mass is 10.2. The van der Waals surface area contributed by atoms with Crippen LogP contribution in [0.25, 0.3) is 0 Å². The van der Waals surface area contributed by atoms with Gasteiger partial charge in [0.25, 0.3) is 0 Å². The third-order valence-electron chi connectivity index (χ3n) is 3.50. The molecule has 6 nitrogen and oxygen atoms in total. The summed E-state index contributed by atoms with van der Waals surface area (Å²) >= 11 is 0. The van der Waals surface area contributed by atoms with Crippen LogP contribution in [0.15, 0.2) is 58.3 Å². The van der Waals surface area contributed by atoms with Crippen molar-refractivity contribution in [1.29, 1.82) is 0 Å². The second-order valence-corrected chi connectivity index (χ2v) is 9.49. The van der Waals surface area contributed by atoms with Crippen LogP contribution >= 0.6 is 0 Å². The van der Waals surface area contributed by atoms with E-state index in [-0.39, 0.29) is 16.3 Å². The van der Waals surface area contributed by atoms with Gasteiger partial charge in [-0.25, -0.2) is 25.9 Å². The molecule has 0 unspecified atom stereocenters. The van der Waals surface area contributed by atoms with Crippen LogP contribution in [-0.2, 0) is 26.6 Å². The lowest BCUT2D eigenvalue weighted by Crippen LogP contribution is -2.24. The molecule has 0 spiro atoms. The van der Waals surface area contributed by atoms with Crippen molar-refractivity contribution in [1.82, 2.24) is 9.03 Å². The molecule has 0 fully saturated rings. The monoisotopic (exact) mass is 368 g/mol. The maximum absolute atomic E-state index is 12.2. The predicted molar refractivity (Wildman–Crippen MR) is 92.5 cm³/mol. The van der Waals surface area contributed by atoms with E-state index in [1.807, 2.05) is 6.92 Å². The largest absolute Gasteiger partial charge is 0.242 e. The highest BCUT2D eigenvalue weighted by molar-refractivity contribution is 7.89. The molecule has 0 aliphatic carbocycles. The minimum Gasteiger partial charge on any atom is -0.207 e. The van der Waals surface area contributed by atoms with Gasteiger partial charge in [-0.05, 0) is 36.8 Å². The second kappa shape index (κ2) is 7.02. The second-order valence-electron chi connectivity index (χ2n) is 5.57. The number of aryl methyl sites for hydroxylation is 1. The molecule has 0 saturated carbocycles. The van der Waals surface area contributed by atoms with Crippen LogP contribution in [0.3, 0.4) is 0 Å². The number of rotatable bonds is 6. The zero-order valence-corrected chi connectivity index (χ0v) is 15.4. The van der Waals surface area contributed by atoms with Crippen LogP contribution < -0.4 is 4.72 Å². The fourth-order valence-electron chi connectivity index (χ4n) is 1.97. The maximum atomic E-state index is 12.2. The highest BCUT2D eigenvalue weighted by Crippen LogP contribution is 2.15. The van der Waals surface area contributed by atoms with Gasteiger partial charge in [-0.3, -0.25) is 0 Å². The van der Waals surface area contributed by atoms with Crippen molar-refractivity contribution < 1.29 is 16.8 Å². The van der Waals surface area contributed by atoms with Gasteiger partial charge in [0.2, 0.25) is 20.0 Å². The van der Waals surface area contributed by atoms with E-state index in [0.29, 0.717) is 5.56 Å². The topological polar surface area (TPSA) is 83.5 Å². The molecular weight excluding hydrogens is 348 g/mol. The summed E-state index contributed by atoms with van der Waals surface area (Å²) in [5.41, 5.74) is 1.65. The van der Waals surface area contributed by atoms with Gasteiger partial charge in [-0.2, -0.15) is 0 Å². The molecule has 0 aliphatic rings. The first-order valence-corrected chi connectivity index (χ1v) is 10.1. The Bertz CT molecular complexity index is 902. The summed E-state index contributed by atoms with van der Waals surface area (Å²) < 4.78 is 52.0. The zero-order valence-electron chi connectivity index (χ0n) is 13.7. The van der Waals surface area contributed by atoms with Crippen molar-refractivity contribution in [3.05, 3.63) is 59.7 Å². The molecule has 0 radical (unpaired) electrons. The summed E-state index contributed by atoms with van der Waals surface area (Å²) in [5.74, 6) is 0. The minimum absolute atomic E-state index is 0.0818. The molecule has 2 rings (SSSR count). The number of benzene rings is 2. The van der Waals surface area contributed by atoms with Gasteiger partial charge in [0.1, 0.15) is 0 Å². The molecule has 0 aliphatic heterocycles. The molecule has 24 heavy (non-hydrogen) atoms. The fraction of sp³-hybridized carbons (Fsp3) is 0.250. The highest BCUT2D eigenvalue weighted by atomic mass is 32.2. The lowest BCUT2D eigenvalue weighted by Gasteiger charge is -2.12. The Hall–Kier alpha value is -1.74. The average Bonchev–Trinajstić information content (AvgIpc) is 2.53. The predicted octanol–water partition coefficient (Wildman–Crippen LogP) is 1.72. The van der Waals surface area contributed by atoms with Crippen molar-refractivity contribution >= 4 is 20.0 Å². The fourth-order valence-corrected chi connectivity index (χ4v) is 3.89. The molecule has 0 saturated heterocycles. The Morgan fingerprint density at radius 1 is 0.833 bits per heavy atom. The number of nitrogens with one attached hydrogen (secondary N) is 1. The molecule has 1 N–H and O–H groups in total. The number of nitrogens with zero attached hydrogens (tertiary/aromatic N) is 1. The SMILES string of the molecule is Cc1ccc(S(=O)(=O)NCc2ccc(S(=O)(=O)N(C)C)cc2)cc1. The number of hydrogen-bond acceptors (Lipinski definition) is 4. The standard InChI is InChI=1S/C16H20N2O4S2/c1-13-4-8-15(9-5-13)23(19,20)17-12-14-6-10-16(11-7-14)24(21,22)18(2)3/h4-11,17H,12H2,1-3H3. The molecule has 0 heterocycles. The van der Waals surface area contributed by atoms with E-state index in [0.717, 1.165) is 9.87 Å². The van der Waals surface area contributed by atoms with Crippen molar-refractivity contribution in [2.75, 3.05) is 14.1 Å². The van der Waals surface area contributed by atoms with E-state index in [1.165, 1.54) is 26.2 Å². The first-order chi connectivity index (χ1) is 11.1. The molecule has 0 atom stereocenters. The summed E-state index contributed by atoms with van der Waals surface area (Å²) in [7, 11) is -4.18. The molecule has 0 bridgehead atoms. The van der Waals surface area contributed by atoms with Gasteiger partial charge >= 0.3 is 0 Å². The van der Waals surface area contributed by atoms with Crippen LogP contribution in [0.1, 0.15) is 11.1 Å². The number of hydrogen-bond donors (Lipinski definition) is 1. The Morgan fingerprint density at radius 3 is 1.83 bits per heavy atom. The van der Waals surface area contributed by atoms with Crippen LogP contribution in [0, 0.1) is 6.92 Å². The van der Waals surface area contributed by atoms with Crippen LogP contribution in [0.4, 0.5) is 0 Å². The van der Waals surface area contributed by atoms with Gasteiger partial charge in [-0.15, -0.1) is 0 Å².